The van der Waals surface area contributed by atoms with E-state index in [1.54, 1.807) is 36.5 Å². The Hall–Kier alpha value is -4.51. The van der Waals surface area contributed by atoms with Gasteiger partial charge < -0.3 is 21.5 Å². The van der Waals surface area contributed by atoms with E-state index in [1.165, 1.54) is 12.0 Å². The first kappa shape index (κ1) is 26.1. The van der Waals surface area contributed by atoms with Gasteiger partial charge in [0, 0.05) is 29.4 Å². The van der Waals surface area contributed by atoms with Gasteiger partial charge in [0.25, 0.3) is 11.8 Å². The van der Waals surface area contributed by atoms with Gasteiger partial charge in [-0.25, -0.2) is 0 Å². The van der Waals surface area contributed by atoms with Crippen LogP contribution in [0, 0.1) is 0 Å². The molecule has 39 heavy (non-hydrogen) atoms. The van der Waals surface area contributed by atoms with Crippen molar-refractivity contribution in [1.29, 1.82) is 0 Å². The fourth-order valence-electron chi connectivity index (χ4n) is 4.91. The standard InChI is InChI=1S/C28H28N6O4S/c1-38-20-10-4-9-19(15-20)34(28(37)25-22(29)23(26(30)35)33-39-25)24(27(36)32-18-7-2-3-8-18)17-11-12-21-16(14-17)6-5-13-31-21/h4-6,9-15,18,24H,2-3,7-8,29H2,1H3,(H2,30,35)(H,32,36)/t24-/m0/s1. The number of nitrogens with one attached hydrogen (secondary N) is 1. The summed E-state index contributed by atoms with van der Waals surface area (Å²) in [5.41, 5.74) is 13.0. The van der Waals surface area contributed by atoms with Crippen LogP contribution >= 0.6 is 11.5 Å². The zero-order valence-electron chi connectivity index (χ0n) is 21.3. The maximum atomic E-state index is 14.3. The van der Waals surface area contributed by atoms with Crippen molar-refractivity contribution in [3.63, 3.8) is 0 Å². The summed E-state index contributed by atoms with van der Waals surface area (Å²) < 4.78 is 9.43. The molecule has 1 atom stereocenters. The summed E-state index contributed by atoms with van der Waals surface area (Å²) in [6, 6.07) is 15.0. The molecule has 1 saturated carbocycles. The Kier molecular flexibility index (Phi) is 7.42. The number of nitrogens with zero attached hydrogens (tertiary/aromatic N) is 3. The van der Waals surface area contributed by atoms with Gasteiger partial charge in [0.2, 0.25) is 5.91 Å². The number of aromatic nitrogens is 2. The topological polar surface area (TPSA) is 154 Å². The van der Waals surface area contributed by atoms with Crippen molar-refractivity contribution in [2.24, 2.45) is 5.73 Å². The maximum absolute atomic E-state index is 14.3. The quantitative estimate of drug-likeness (QED) is 0.305. The van der Waals surface area contributed by atoms with Crippen molar-refractivity contribution >= 4 is 51.5 Å². The molecule has 1 fully saturated rings. The molecular weight excluding hydrogens is 516 g/mol. The SMILES string of the molecule is COc1cccc(N(C(=O)c2snc(C(N)=O)c2N)[C@H](C(=O)NC2CCCC2)c2ccc3ncccc3c2)c1. The molecule has 0 unspecified atom stereocenters. The number of fused-ring (bicyclic) bond motifs is 1. The number of hydrogen-bond donors (Lipinski definition) is 3. The van der Waals surface area contributed by atoms with Gasteiger partial charge in [-0.3, -0.25) is 24.3 Å². The van der Waals surface area contributed by atoms with E-state index >= 15 is 0 Å². The molecular formula is C28H28N6O4S. The van der Waals surface area contributed by atoms with Gasteiger partial charge in [-0.2, -0.15) is 4.37 Å². The highest BCUT2D eigenvalue weighted by Gasteiger charge is 2.37. The summed E-state index contributed by atoms with van der Waals surface area (Å²) in [4.78, 5) is 45.9. The van der Waals surface area contributed by atoms with Crippen molar-refractivity contribution in [2.75, 3.05) is 17.7 Å². The number of carbonyl (C=O) groups excluding carboxylic acids is 3. The van der Waals surface area contributed by atoms with Gasteiger partial charge in [-0.1, -0.05) is 31.0 Å². The lowest BCUT2D eigenvalue weighted by Gasteiger charge is -2.32. The molecule has 0 spiro atoms. The van der Waals surface area contributed by atoms with E-state index in [1.807, 2.05) is 24.3 Å². The molecule has 200 valence electrons. The first-order valence-corrected chi connectivity index (χ1v) is 13.3. The minimum absolute atomic E-state index is 0.00717. The Bertz CT molecular complexity index is 1550. The normalized spacial score (nSPS) is 14.2. The zero-order valence-corrected chi connectivity index (χ0v) is 22.1. The molecule has 3 amide bonds. The number of nitrogens with two attached hydrogens (primary N) is 2. The number of nitrogen functional groups attached to an aromatic ring is 1. The number of ether oxygens (including phenoxy) is 1. The van der Waals surface area contributed by atoms with E-state index in [0.717, 1.165) is 48.1 Å². The van der Waals surface area contributed by atoms with Gasteiger partial charge >= 0.3 is 0 Å². The Balaban J connectivity index is 1.69. The van der Waals surface area contributed by atoms with Crippen LogP contribution in [0.3, 0.4) is 0 Å². The molecule has 5 rings (SSSR count). The van der Waals surface area contributed by atoms with Crippen molar-refractivity contribution in [3.05, 3.63) is 76.9 Å². The molecule has 2 heterocycles. The van der Waals surface area contributed by atoms with E-state index < -0.39 is 17.9 Å². The zero-order chi connectivity index (χ0) is 27.5. The number of rotatable bonds is 8. The number of methoxy groups -OCH3 is 1. The lowest BCUT2D eigenvalue weighted by Crippen LogP contribution is -2.46. The maximum Gasteiger partial charge on any atom is 0.273 e. The number of anilines is 2. The molecule has 2 aromatic carbocycles. The van der Waals surface area contributed by atoms with E-state index in [9.17, 15) is 14.4 Å². The molecule has 2 aromatic heterocycles. The summed E-state index contributed by atoms with van der Waals surface area (Å²) in [6.45, 7) is 0. The summed E-state index contributed by atoms with van der Waals surface area (Å²) in [7, 11) is 1.52. The van der Waals surface area contributed by atoms with Crippen LogP contribution in [0.25, 0.3) is 10.9 Å². The summed E-state index contributed by atoms with van der Waals surface area (Å²) in [6.07, 6.45) is 5.50. The highest BCUT2D eigenvalue weighted by atomic mass is 32.1. The predicted molar refractivity (Wildman–Crippen MR) is 150 cm³/mol. The van der Waals surface area contributed by atoms with Gasteiger partial charge in [0.1, 0.15) is 16.7 Å². The number of amides is 3. The molecule has 11 heteroatoms. The molecule has 5 N–H and O–H groups in total. The van der Waals surface area contributed by atoms with Gasteiger partial charge in [0.15, 0.2) is 5.69 Å². The minimum Gasteiger partial charge on any atom is -0.497 e. The number of primary amides is 1. The Labute approximate surface area is 229 Å². The molecule has 0 saturated heterocycles. The monoisotopic (exact) mass is 544 g/mol. The van der Waals surface area contributed by atoms with E-state index in [2.05, 4.69) is 14.7 Å². The average Bonchev–Trinajstić information content (AvgIpc) is 3.60. The second kappa shape index (κ2) is 11.1. The average molecular weight is 545 g/mol. The van der Waals surface area contributed by atoms with Crippen LogP contribution in [0.4, 0.5) is 11.4 Å². The largest absolute Gasteiger partial charge is 0.497 e. The van der Waals surface area contributed by atoms with Crippen LogP contribution in [0.15, 0.2) is 60.8 Å². The number of hydrogen-bond acceptors (Lipinski definition) is 8. The fourth-order valence-corrected chi connectivity index (χ4v) is 5.66. The molecule has 0 radical (unpaired) electrons. The minimum atomic E-state index is -1.08. The van der Waals surface area contributed by atoms with Gasteiger partial charge in [-0.05, 0) is 60.3 Å². The van der Waals surface area contributed by atoms with E-state index in [4.69, 9.17) is 16.2 Å². The molecule has 0 aliphatic heterocycles. The highest BCUT2D eigenvalue weighted by Crippen LogP contribution is 2.35. The summed E-state index contributed by atoms with van der Waals surface area (Å²) >= 11 is 0.765. The van der Waals surface area contributed by atoms with Crippen LogP contribution in [0.2, 0.25) is 0 Å². The predicted octanol–water partition coefficient (Wildman–Crippen LogP) is 3.83. The number of benzene rings is 2. The fraction of sp³-hybridized carbons (Fsp3) is 0.250. The number of carbonyl (C=O) groups is 3. The van der Waals surface area contributed by atoms with Crippen LogP contribution in [0.1, 0.15) is 57.4 Å². The van der Waals surface area contributed by atoms with Crippen molar-refractivity contribution in [2.45, 2.75) is 37.8 Å². The Morgan fingerprint density at radius 1 is 1.10 bits per heavy atom. The lowest BCUT2D eigenvalue weighted by atomic mass is 9.99. The highest BCUT2D eigenvalue weighted by molar-refractivity contribution is 7.09. The van der Waals surface area contributed by atoms with Crippen LogP contribution in [-0.2, 0) is 4.79 Å². The van der Waals surface area contributed by atoms with Crippen LogP contribution in [-0.4, -0.2) is 40.2 Å². The third kappa shape index (κ3) is 5.26. The molecule has 10 nitrogen and oxygen atoms in total. The second-order valence-electron chi connectivity index (χ2n) is 9.36. The third-order valence-corrected chi connectivity index (χ3v) is 7.71. The van der Waals surface area contributed by atoms with Gasteiger partial charge in [-0.15, -0.1) is 0 Å². The van der Waals surface area contributed by atoms with Crippen molar-refractivity contribution < 1.29 is 19.1 Å². The van der Waals surface area contributed by atoms with Crippen LogP contribution in [0.5, 0.6) is 5.75 Å². The van der Waals surface area contributed by atoms with E-state index in [0.29, 0.717) is 17.0 Å². The van der Waals surface area contributed by atoms with Gasteiger partial charge in [0.05, 0.1) is 18.3 Å². The van der Waals surface area contributed by atoms with E-state index in [-0.39, 0.29) is 28.2 Å². The summed E-state index contributed by atoms with van der Waals surface area (Å²) in [5, 5.41) is 3.97. The van der Waals surface area contributed by atoms with Crippen LogP contribution < -0.4 is 26.4 Å². The molecule has 1 aliphatic rings. The van der Waals surface area contributed by atoms with Crippen molar-refractivity contribution in [1.82, 2.24) is 14.7 Å². The first-order valence-electron chi connectivity index (χ1n) is 12.5. The Morgan fingerprint density at radius 2 is 1.90 bits per heavy atom. The molecule has 4 aromatic rings. The third-order valence-electron chi connectivity index (χ3n) is 6.86. The summed E-state index contributed by atoms with van der Waals surface area (Å²) in [5.74, 6) is -1.27. The first-order chi connectivity index (χ1) is 18.9. The smallest absolute Gasteiger partial charge is 0.273 e. The number of pyridine rings is 1. The Morgan fingerprint density at radius 3 is 2.62 bits per heavy atom. The molecule has 1 aliphatic carbocycles. The lowest BCUT2D eigenvalue weighted by molar-refractivity contribution is -0.123. The second-order valence-corrected chi connectivity index (χ2v) is 10.1. The molecule has 0 bridgehead atoms. The van der Waals surface area contributed by atoms with Crippen molar-refractivity contribution in [3.8, 4) is 5.75 Å².